The quantitative estimate of drug-likeness (QED) is 0.914. The van der Waals surface area contributed by atoms with Crippen molar-refractivity contribution in [1.29, 1.82) is 0 Å². The van der Waals surface area contributed by atoms with E-state index in [1.807, 2.05) is 6.07 Å². The van der Waals surface area contributed by atoms with Crippen LogP contribution in [0, 0.1) is 5.82 Å². The highest BCUT2D eigenvalue weighted by molar-refractivity contribution is 6.30. The minimum Gasteiger partial charge on any atom is -0.306 e. The smallest absolute Gasteiger partial charge is 0.142 e. The molecule has 19 heavy (non-hydrogen) atoms. The molecule has 1 aromatic rings. The zero-order valence-corrected chi connectivity index (χ0v) is 12.0. The van der Waals surface area contributed by atoms with Crippen LogP contribution < -0.4 is 5.32 Å². The number of hydrogen-bond donors (Lipinski definition) is 1. The van der Waals surface area contributed by atoms with Gasteiger partial charge < -0.3 is 5.32 Å². The van der Waals surface area contributed by atoms with E-state index in [0.29, 0.717) is 12.1 Å². The molecule has 3 rings (SSSR count). The van der Waals surface area contributed by atoms with E-state index < -0.39 is 0 Å². The van der Waals surface area contributed by atoms with E-state index in [1.165, 1.54) is 32.4 Å². The van der Waals surface area contributed by atoms with Crippen molar-refractivity contribution in [2.24, 2.45) is 0 Å². The van der Waals surface area contributed by atoms with Gasteiger partial charge in [0.1, 0.15) is 5.82 Å². The van der Waals surface area contributed by atoms with Gasteiger partial charge in [-0.1, -0.05) is 17.7 Å². The first kappa shape index (κ1) is 13.3. The molecule has 3 atom stereocenters. The molecule has 2 fully saturated rings. The van der Waals surface area contributed by atoms with Crippen LogP contribution >= 0.6 is 11.6 Å². The Morgan fingerprint density at radius 1 is 1.37 bits per heavy atom. The zero-order valence-electron chi connectivity index (χ0n) is 11.2. The van der Waals surface area contributed by atoms with E-state index >= 15 is 0 Å². The number of benzene rings is 1. The lowest BCUT2D eigenvalue weighted by molar-refractivity contribution is 0.291. The zero-order chi connectivity index (χ0) is 13.4. The Hall–Kier alpha value is -0.640. The molecule has 104 valence electrons. The fourth-order valence-electron chi connectivity index (χ4n) is 3.48. The number of rotatable bonds is 3. The molecule has 0 bridgehead atoms. The van der Waals surface area contributed by atoms with E-state index in [2.05, 4.69) is 17.1 Å². The summed E-state index contributed by atoms with van der Waals surface area (Å²) in [4.78, 5) is 2.58. The van der Waals surface area contributed by atoms with Gasteiger partial charge in [-0.3, -0.25) is 4.90 Å². The maximum absolute atomic E-state index is 13.5. The fourth-order valence-corrected chi connectivity index (χ4v) is 3.59. The Morgan fingerprint density at radius 2 is 2.21 bits per heavy atom. The summed E-state index contributed by atoms with van der Waals surface area (Å²) in [7, 11) is 0. The van der Waals surface area contributed by atoms with Gasteiger partial charge in [0.15, 0.2) is 0 Å². The Labute approximate surface area is 118 Å². The molecule has 2 nitrogen and oxygen atoms in total. The normalized spacial score (nSPS) is 28.6. The van der Waals surface area contributed by atoms with Gasteiger partial charge in [-0.15, -0.1) is 0 Å². The molecule has 2 heterocycles. The van der Waals surface area contributed by atoms with Gasteiger partial charge >= 0.3 is 0 Å². The van der Waals surface area contributed by atoms with Gasteiger partial charge in [-0.25, -0.2) is 4.39 Å². The topological polar surface area (TPSA) is 15.3 Å². The first-order valence-corrected chi connectivity index (χ1v) is 7.48. The van der Waals surface area contributed by atoms with Crippen molar-refractivity contribution >= 4 is 11.6 Å². The fraction of sp³-hybridized carbons (Fsp3) is 0.600. The summed E-state index contributed by atoms with van der Waals surface area (Å²) >= 11 is 5.73. The highest BCUT2D eigenvalue weighted by atomic mass is 35.5. The van der Waals surface area contributed by atoms with E-state index in [0.717, 1.165) is 5.56 Å². The molecular formula is C15H20ClFN2. The Bertz CT molecular complexity index is 465. The molecule has 1 N–H and O–H groups in total. The number of nitrogens with zero attached hydrogens (tertiary/aromatic N) is 1. The van der Waals surface area contributed by atoms with Gasteiger partial charge in [0.05, 0.1) is 5.02 Å². The average molecular weight is 283 g/mol. The third-order valence-corrected chi connectivity index (χ3v) is 4.82. The Kier molecular flexibility index (Phi) is 3.79. The maximum Gasteiger partial charge on any atom is 0.142 e. The van der Waals surface area contributed by atoms with Gasteiger partial charge in [-0.2, -0.15) is 0 Å². The minimum atomic E-state index is -0.332. The monoisotopic (exact) mass is 282 g/mol. The SMILES string of the molecule is CC(NC1CCN2CCCC12)c1ccc(Cl)c(F)c1. The van der Waals surface area contributed by atoms with Crippen LogP contribution in [-0.2, 0) is 0 Å². The predicted octanol–water partition coefficient (Wildman–Crippen LogP) is 3.37. The van der Waals surface area contributed by atoms with Crippen molar-refractivity contribution < 1.29 is 4.39 Å². The Morgan fingerprint density at radius 3 is 3.00 bits per heavy atom. The number of nitrogens with one attached hydrogen (secondary N) is 1. The van der Waals surface area contributed by atoms with E-state index in [-0.39, 0.29) is 16.9 Å². The second-order valence-electron chi connectivity index (χ2n) is 5.70. The third-order valence-electron chi connectivity index (χ3n) is 4.51. The van der Waals surface area contributed by atoms with Crippen molar-refractivity contribution in [1.82, 2.24) is 10.2 Å². The van der Waals surface area contributed by atoms with Crippen molar-refractivity contribution in [3.8, 4) is 0 Å². The van der Waals surface area contributed by atoms with Crippen LogP contribution in [-0.4, -0.2) is 30.1 Å². The average Bonchev–Trinajstić information content (AvgIpc) is 2.97. The number of halogens is 2. The third kappa shape index (κ3) is 2.64. The summed E-state index contributed by atoms with van der Waals surface area (Å²) in [5, 5.41) is 3.86. The minimum absolute atomic E-state index is 0.164. The molecule has 0 spiro atoms. The molecule has 0 aromatic heterocycles. The largest absolute Gasteiger partial charge is 0.306 e. The predicted molar refractivity (Wildman–Crippen MR) is 76.0 cm³/mol. The second-order valence-corrected chi connectivity index (χ2v) is 6.11. The van der Waals surface area contributed by atoms with Crippen LogP contribution in [0.1, 0.15) is 37.8 Å². The number of fused-ring (bicyclic) bond motifs is 1. The van der Waals surface area contributed by atoms with Crippen molar-refractivity contribution in [2.75, 3.05) is 13.1 Å². The Balaban J connectivity index is 1.67. The van der Waals surface area contributed by atoms with Gasteiger partial charge in [0.2, 0.25) is 0 Å². The summed E-state index contributed by atoms with van der Waals surface area (Å²) in [5.41, 5.74) is 0.971. The first-order valence-electron chi connectivity index (χ1n) is 7.10. The van der Waals surface area contributed by atoms with Crippen LogP contribution in [0.4, 0.5) is 4.39 Å². The van der Waals surface area contributed by atoms with Crippen molar-refractivity contribution in [3.05, 3.63) is 34.6 Å². The lowest BCUT2D eigenvalue weighted by Crippen LogP contribution is -2.40. The standard InChI is InChI=1S/C15H20ClFN2/c1-10(11-4-5-12(16)13(17)9-11)18-14-6-8-19-7-2-3-15(14)19/h4-5,9-10,14-15,18H,2-3,6-8H2,1H3. The van der Waals surface area contributed by atoms with Crippen LogP contribution in [0.2, 0.25) is 5.02 Å². The van der Waals surface area contributed by atoms with Crippen LogP contribution in [0.3, 0.4) is 0 Å². The van der Waals surface area contributed by atoms with Gasteiger partial charge in [0, 0.05) is 24.7 Å². The van der Waals surface area contributed by atoms with E-state index in [4.69, 9.17) is 11.6 Å². The van der Waals surface area contributed by atoms with E-state index in [1.54, 1.807) is 12.1 Å². The van der Waals surface area contributed by atoms with Crippen LogP contribution in [0.5, 0.6) is 0 Å². The molecule has 1 aromatic carbocycles. The number of hydrogen-bond acceptors (Lipinski definition) is 2. The lowest BCUT2D eigenvalue weighted by atomic mass is 10.0. The van der Waals surface area contributed by atoms with Crippen molar-refractivity contribution in [2.45, 2.75) is 44.3 Å². The first-order chi connectivity index (χ1) is 9.15. The summed E-state index contributed by atoms with van der Waals surface area (Å²) < 4.78 is 13.5. The molecular weight excluding hydrogens is 263 g/mol. The summed E-state index contributed by atoms with van der Waals surface area (Å²) in [6.07, 6.45) is 3.80. The van der Waals surface area contributed by atoms with Crippen LogP contribution in [0.15, 0.2) is 18.2 Å². The van der Waals surface area contributed by atoms with Gasteiger partial charge in [0.25, 0.3) is 0 Å². The highest BCUT2D eigenvalue weighted by Gasteiger charge is 2.37. The van der Waals surface area contributed by atoms with Crippen LogP contribution in [0.25, 0.3) is 0 Å². The molecule has 0 saturated carbocycles. The second kappa shape index (κ2) is 5.39. The molecule has 0 amide bonds. The highest BCUT2D eigenvalue weighted by Crippen LogP contribution is 2.30. The molecule has 0 aliphatic carbocycles. The maximum atomic E-state index is 13.5. The van der Waals surface area contributed by atoms with E-state index in [9.17, 15) is 4.39 Å². The molecule has 2 aliphatic heterocycles. The molecule has 2 aliphatic rings. The lowest BCUT2D eigenvalue weighted by Gasteiger charge is -2.25. The van der Waals surface area contributed by atoms with Gasteiger partial charge in [-0.05, 0) is 50.4 Å². The molecule has 0 radical (unpaired) electrons. The summed E-state index contributed by atoms with van der Waals surface area (Å²) in [6, 6.07) is 6.47. The molecule has 2 saturated heterocycles. The summed E-state index contributed by atoms with van der Waals surface area (Å²) in [5.74, 6) is -0.332. The van der Waals surface area contributed by atoms with Crippen molar-refractivity contribution in [3.63, 3.8) is 0 Å². The molecule has 3 unspecified atom stereocenters. The summed E-state index contributed by atoms with van der Waals surface area (Å²) in [6.45, 7) is 4.54. The molecule has 4 heteroatoms.